The predicted octanol–water partition coefficient (Wildman–Crippen LogP) is 1.01. The number of halogens is 1. The molecular formula is C7H9ClN2O2. The van der Waals surface area contributed by atoms with Crippen molar-refractivity contribution in [1.29, 1.82) is 0 Å². The van der Waals surface area contributed by atoms with Gasteiger partial charge in [0.2, 0.25) is 0 Å². The normalized spacial score (nSPS) is 12.5. The molecule has 1 heterocycles. The summed E-state index contributed by atoms with van der Waals surface area (Å²) in [7, 11) is 0. The lowest BCUT2D eigenvalue weighted by atomic mass is 10.6. The van der Waals surface area contributed by atoms with E-state index in [0.29, 0.717) is 6.54 Å². The standard InChI is InChI=1S/C7H9ClN2O2/c1-6(11)12-7(8)5-10-4-2-3-9-10/h2-4,7H,5H2,1H3. The summed E-state index contributed by atoms with van der Waals surface area (Å²) in [5.74, 6) is -0.387. The van der Waals surface area contributed by atoms with Crippen molar-refractivity contribution in [3.8, 4) is 0 Å². The molecule has 0 radical (unpaired) electrons. The molecule has 0 aliphatic carbocycles. The number of ether oxygens (including phenoxy) is 1. The molecule has 0 fully saturated rings. The minimum absolute atomic E-state index is 0.369. The van der Waals surface area contributed by atoms with Gasteiger partial charge < -0.3 is 4.74 Å². The molecule has 1 unspecified atom stereocenters. The quantitative estimate of drug-likeness (QED) is 0.525. The molecule has 0 aliphatic rings. The van der Waals surface area contributed by atoms with Crippen LogP contribution in [0.1, 0.15) is 6.92 Å². The van der Waals surface area contributed by atoms with Crippen molar-refractivity contribution in [2.45, 2.75) is 19.0 Å². The Morgan fingerprint density at radius 3 is 3.08 bits per heavy atom. The summed E-state index contributed by atoms with van der Waals surface area (Å²) in [5.41, 5.74) is -0.651. The molecule has 1 aromatic heterocycles. The second-order valence-corrected chi connectivity index (χ2v) is 2.73. The van der Waals surface area contributed by atoms with Crippen LogP contribution in [0.3, 0.4) is 0 Å². The average molecular weight is 189 g/mol. The Labute approximate surface area is 75.1 Å². The molecule has 0 amide bonds. The van der Waals surface area contributed by atoms with Crippen LogP contribution in [-0.4, -0.2) is 21.3 Å². The van der Waals surface area contributed by atoms with Crippen LogP contribution in [0.25, 0.3) is 0 Å². The fraction of sp³-hybridized carbons (Fsp3) is 0.429. The molecule has 1 atom stereocenters. The highest BCUT2D eigenvalue weighted by Gasteiger charge is 2.07. The number of carbonyl (C=O) groups is 1. The molecular weight excluding hydrogens is 180 g/mol. The number of aromatic nitrogens is 2. The van der Waals surface area contributed by atoms with E-state index < -0.39 is 5.56 Å². The molecule has 12 heavy (non-hydrogen) atoms. The van der Waals surface area contributed by atoms with Crippen molar-refractivity contribution in [2.75, 3.05) is 0 Å². The van der Waals surface area contributed by atoms with Gasteiger partial charge in [-0.3, -0.25) is 9.48 Å². The first kappa shape index (κ1) is 9.06. The number of rotatable bonds is 3. The fourth-order valence-electron chi connectivity index (χ4n) is 0.773. The van der Waals surface area contributed by atoms with E-state index in [1.807, 2.05) is 0 Å². The summed E-state index contributed by atoms with van der Waals surface area (Å²) in [5, 5.41) is 3.90. The first-order valence-electron chi connectivity index (χ1n) is 3.47. The summed E-state index contributed by atoms with van der Waals surface area (Å²) >= 11 is 5.66. The molecule has 0 saturated heterocycles. The van der Waals surface area contributed by atoms with Gasteiger partial charge in [-0.2, -0.15) is 5.10 Å². The lowest BCUT2D eigenvalue weighted by molar-refractivity contribution is -0.143. The largest absolute Gasteiger partial charge is 0.444 e. The molecule has 66 valence electrons. The third-order valence-corrected chi connectivity index (χ3v) is 1.41. The Morgan fingerprint density at radius 1 is 1.83 bits per heavy atom. The monoisotopic (exact) mass is 188 g/mol. The fourth-order valence-corrected chi connectivity index (χ4v) is 1.04. The second-order valence-electron chi connectivity index (χ2n) is 2.25. The van der Waals surface area contributed by atoms with Crippen molar-refractivity contribution >= 4 is 17.6 Å². The van der Waals surface area contributed by atoms with Gasteiger partial charge in [0.25, 0.3) is 0 Å². The molecule has 0 aromatic carbocycles. The van der Waals surface area contributed by atoms with Crippen LogP contribution in [0.15, 0.2) is 18.5 Å². The van der Waals surface area contributed by atoms with E-state index in [1.54, 1.807) is 23.1 Å². The van der Waals surface area contributed by atoms with E-state index in [4.69, 9.17) is 11.6 Å². The summed E-state index contributed by atoms with van der Waals surface area (Å²) in [6.07, 6.45) is 3.39. The van der Waals surface area contributed by atoms with Crippen molar-refractivity contribution in [3.05, 3.63) is 18.5 Å². The van der Waals surface area contributed by atoms with Crippen LogP contribution < -0.4 is 0 Å². The minimum Gasteiger partial charge on any atom is -0.444 e. The molecule has 4 nitrogen and oxygen atoms in total. The molecule has 1 aromatic rings. The average Bonchev–Trinajstić information content (AvgIpc) is 2.37. The van der Waals surface area contributed by atoms with Gasteiger partial charge in [0, 0.05) is 19.3 Å². The lowest BCUT2D eigenvalue weighted by Gasteiger charge is -2.08. The molecule has 1 rings (SSSR count). The topological polar surface area (TPSA) is 44.1 Å². The van der Waals surface area contributed by atoms with Crippen LogP contribution in [0.4, 0.5) is 0 Å². The third-order valence-electron chi connectivity index (χ3n) is 1.18. The maximum atomic E-state index is 10.4. The number of hydrogen-bond donors (Lipinski definition) is 0. The minimum atomic E-state index is -0.651. The SMILES string of the molecule is CC(=O)OC(Cl)Cn1cccn1. The summed E-state index contributed by atoms with van der Waals surface area (Å²) in [6.45, 7) is 1.69. The maximum Gasteiger partial charge on any atom is 0.304 e. The molecule has 5 heteroatoms. The Hall–Kier alpha value is -1.03. The number of nitrogens with zero attached hydrogens (tertiary/aromatic N) is 2. The van der Waals surface area contributed by atoms with Crippen molar-refractivity contribution in [2.24, 2.45) is 0 Å². The van der Waals surface area contributed by atoms with E-state index in [9.17, 15) is 4.79 Å². The first-order chi connectivity index (χ1) is 5.68. The van der Waals surface area contributed by atoms with Gasteiger partial charge in [-0.25, -0.2) is 0 Å². The van der Waals surface area contributed by atoms with Gasteiger partial charge in [0.1, 0.15) is 0 Å². The Balaban J connectivity index is 2.36. The molecule has 0 aliphatic heterocycles. The maximum absolute atomic E-state index is 10.4. The highest BCUT2D eigenvalue weighted by molar-refractivity contribution is 6.20. The highest BCUT2D eigenvalue weighted by atomic mass is 35.5. The van der Waals surface area contributed by atoms with Crippen molar-refractivity contribution in [1.82, 2.24) is 9.78 Å². The van der Waals surface area contributed by atoms with E-state index in [2.05, 4.69) is 9.84 Å². The van der Waals surface area contributed by atoms with Crippen LogP contribution in [0, 0.1) is 0 Å². The van der Waals surface area contributed by atoms with Crippen molar-refractivity contribution in [3.63, 3.8) is 0 Å². The van der Waals surface area contributed by atoms with E-state index in [-0.39, 0.29) is 5.97 Å². The van der Waals surface area contributed by atoms with Gasteiger partial charge in [-0.15, -0.1) is 0 Å². The van der Waals surface area contributed by atoms with Crippen LogP contribution in [-0.2, 0) is 16.1 Å². The van der Waals surface area contributed by atoms with E-state index >= 15 is 0 Å². The number of esters is 1. The first-order valence-corrected chi connectivity index (χ1v) is 3.91. The zero-order valence-corrected chi connectivity index (χ0v) is 7.36. The van der Waals surface area contributed by atoms with E-state index in [1.165, 1.54) is 6.92 Å². The lowest BCUT2D eigenvalue weighted by Crippen LogP contribution is -2.16. The highest BCUT2D eigenvalue weighted by Crippen LogP contribution is 2.01. The smallest absolute Gasteiger partial charge is 0.304 e. The number of hydrogen-bond acceptors (Lipinski definition) is 3. The van der Waals surface area contributed by atoms with Crippen LogP contribution in [0.2, 0.25) is 0 Å². The molecule has 0 saturated carbocycles. The van der Waals surface area contributed by atoms with Crippen molar-refractivity contribution < 1.29 is 9.53 Å². The number of alkyl halides is 1. The van der Waals surface area contributed by atoms with Gasteiger partial charge >= 0.3 is 5.97 Å². The second kappa shape index (κ2) is 4.11. The zero-order valence-electron chi connectivity index (χ0n) is 6.61. The molecule has 0 N–H and O–H groups in total. The van der Waals surface area contributed by atoms with Gasteiger partial charge in [0.15, 0.2) is 5.56 Å². The molecule has 0 spiro atoms. The Kier molecular flexibility index (Phi) is 3.10. The summed E-state index contributed by atoms with van der Waals surface area (Å²) < 4.78 is 6.29. The summed E-state index contributed by atoms with van der Waals surface area (Å²) in [6, 6.07) is 1.78. The van der Waals surface area contributed by atoms with Gasteiger partial charge in [0.05, 0.1) is 6.54 Å². The van der Waals surface area contributed by atoms with Crippen LogP contribution in [0.5, 0.6) is 0 Å². The van der Waals surface area contributed by atoms with Gasteiger partial charge in [-0.05, 0) is 6.07 Å². The van der Waals surface area contributed by atoms with E-state index in [0.717, 1.165) is 0 Å². The number of carbonyl (C=O) groups excluding carboxylic acids is 1. The zero-order chi connectivity index (χ0) is 8.97. The summed E-state index contributed by atoms with van der Waals surface area (Å²) in [4.78, 5) is 10.4. The Bertz CT molecular complexity index is 248. The third kappa shape index (κ3) is 2.92. The van der Waals surface area contributed by atoms with Crippen LogP contribution >= 0.6 is 11.6 Å². The Morgan fingerprint density at radius 2 is 2.58 bits per heavy atom. The van der Waals surface area contributed by atoms with Gasteiger partial charge in [-0.1, -0.05) is 11.6 Å². The predicted molar refractivity (Wildman–Crippen MR) is 43.6 cm³/mol. The molecule has 0 bridgehead atoms.